The minimum atomic E-state index is -0.179. The minimum Gasteiger partial charge on any atom is -0.361 e. The van der Waals surface area contributed by atoms with Gasteiger partial charge in [0.1, 0.15) is 17.6 Å². The average molecular weight is 507 g/mol. The standard InChI is InChI=1S/C26H27ClN6O3/c1-16-22(17(2)36-30-16)13-24(34)32-7-9-33(10-8-32)25-19(14-28)11-20(15-29-25)18-5-6-21(23(27)12-18)26(35)31(3)4/h5-6,11-12,15H,7-10,13H2,1-4H3. The number of piperazine rings is 1. The highest BCUT2D eigenvalue weighted by Crippen LogP contribution is 2.29. The van der Waals surface area contributed by atoms with Crippen molar-refractivity contribution in [2.45, 2.75) is 20.3 Å². The lowest BCUT2D eigenvalue weighted by molar-refractivity contribution is -0.130. The lowest BCUT2D eigenvalue weighted by Gasteiger charge is -2.35. The Morgan fingerprint density at radius 2 is 1.86 bits per heavy atom. The Bertz CT molecular complexity index is 1330. The molecule has 0 spiro atoms. The smallest absolute Gasteiger partial charge is 0.254 e. The molecule has 1 saturated heterocycles. The molecule has 1 fully saturated rings. The summed E-state index contributed by atoms with van der Waals surface area (Å²) in [5.41, 5.74) is 3.92. The number of hydrogen-bond donors (Lipinski definition) is 0. The molecule has 2 amide bonds. The normalized spacial score (nSPS) is 13.4. The maximum absolute atomic E-state index is 12.8. The molecule has 36 heavy (non-hydrogen) atoms. The highest BCUT2D eigenvalue weighted by molar-refractivity contribution is 6.34. The number of rotatable bonds is 5. The molecule has 0 atom stereocenters. The van der Waals surface area contributed by atoms with Crippen LogP contribution < -0.4 is 4.90 Å². The van der Waals surface area contributed by atoms with E-state index in [-0.39, 0.29) is 18.2 Å². The maximum atomic E-state index is 12.8. The third kappa shape index (κ3) is 5.04. The van der Waals surface area contributed by atoms with Crippen LogP contribution in [0.3, 0.4) is 0 Å². The van der Waals surface area contributed by atoms with Crippen LogP contribution in [0.5, 0.6) is 0 Å². The van der Waals surface area contributed by atoms with Gasteiger partial charge in [-0.25, -0.2) is 4.98 Å². The Morgan fingerprint density at radius 1 is 1.14 bits per heavy atom. The van der Waals surface area contributed by atoms with Gasteiger partial charge in [-0.2, -0.15) is 5.26 Å². The van der Waals surface area contributed by atoms with Crippen LogP contribution in [0.25, 0.3) is 11.1 Å². The average Bonchev–Trinajstić information content (AvgIpc) is 3.20. The zero-order chi connectivity index (χ0) is 26.0. The number of carbonyl (C=O) groups excluding carboxylic acids is 2. The van der Waals surface area contributed by atoms with Crippen LogP contribution in [0.1, 0.15) is 32.9 Å². The molecule has 1 aromatic carbocycles. The number of nitrogens with zero attached hydrogens (tertiary/aromatic N) is 6. The first kappa shape index (κ1) is 25.2. The van der Waals surface area contributed by atoms with Crippen LogP contribution in [-0.4, -0.2) is 72.0 Å². The molecule has 0 radical (unpaired) electrons. The summed E-state index contributed by atoms with van der Waals surface area (Å²) in [6.45, 7) is 5.86. The van der Waals surface area contributed by atoms with Crippen LogP contribution in [0.15, 0.2) is 35.0 Å². The van der Waals surface area contributed by atoms with Gasteiger partial charge in [0, 0.05) is 57.6 Å². The number of pyridine rings is 1. The van der Waals surface area contributed by atoms with Crippen molar-refractivity contribution >= 4 is 29.2 Å². The van der Waals surface area contributed by atoms with Gasteiger partial charge in [-0.3, -0.25) is 9.59 Å². The highest BCUT2D eigenvalue weighted by atomic mass is 35.5. The molecular weight excluding hydrogens is 480 g/mol. The van der Waals surface area contributed by atoms with Crippen LogP contribution in [0.4, 0.5) is 5.82 Å². The lowest BCUT2D eigenvalue weighted by Crippen LogP contribution is -2.49. The van der Waals surface area contributed by atoms with Crippen LogP contribution in [0, 0.1) is 25.2 Å². The molecule has 0 unspecified atom stereocenters. The van der Waals surface area contributed by atoms with Crippen LogP contribution >= 0.6 is 11.6 Å². The van der Waals surface area contributed by atoms with Gasteiger partial charge in [0.25, 0.3) is 5.91 Å². The van der Waals surface area contributed by atoms with E-state index in [1.165, 1.54) is 4.90 Å². The summed E-state index contributed by atoms with van der Waals surface area (Å²) in [7, 11) is 3.34. The summed E-state index contributed by atoms with van der Waals surface area (Å²) in [6, 6.07) is 9.20. The van der Waals surface area contributed by atoms with E-state index >= 15 is 0 Å². The molecule has 0 bridgehead atoms. The molecular formula is C26H27ClN6O3. The Kier molecular flexibility index (Phi) is 7.27. The number of aromatic nitrogens is 2. The van der Waals surface area contributed by atoms with Crippen molar-refractivity contribution < 1.29 is 14.1 Å². The van der Waals surface area contributed by atoms with E-state index in [0.29, 0.717) is 53.9 Å². The Balaban J connectivity index is 1.46. The molecule has 1 aliphatic heterocycles. The first-order chi connectivity index (χ1) is 17.2. The maximum Gasteiger partial charge on any atom is 0.254 e. The summed E-state index contributed by atoms with van der Waals surface area (Å²) in [5.74, 6) is 1.11. The number of hydrogen-bond acceptors (Lipinski definition) is 7. The van der Waals surface area contributed by atoms with E-state index in [4.69, 9.17) is 16.1 Å². The second-order valence-corrected chi connectivity index (χ2v) is 9.36. The van der Waals surface area contributed by atoms with E-state index in [1.807, 2.05) is 23.6 Å². The highest BCUT2D eigenvalue weighted by Gasteiger charge is 2.25. The van der Waals surface area contributed by atoms with Crippen molar-refractivity contribution in [2.75, 3.05) is 45.2 Å². The van der Waals surface area contributed by atoms with Crippen molar-refractivity contribution in [3.8, 4) is 17.2 Å². The largest absolute Gasteiger partial charge is 0.361 e. The van der Waals surface area contributed by atoms with Crippen molar-refractivity contribution in [1.29, 1.82) is 5.26 Å². The number of amides is 2. The van der Waals surface area contributed by atoms with E-state index in [1.54, 1.807) is 44.6 Å². The van der Waals surface area contributed by atoms with Crippen LogP contribution in [0.2, 0.25) is 5.02 Å². The van der Waals surface area contributed by atoms with Gasteiger partial charge in [-0.1, -0.05) is 22.8 Å². The quantitative estimate of drug-likeness (QED) is 0.521. The van der Waals surface area contributed by atoms with Crippen molar-refractivity contribution in [2.24, 2.45) is 0 Å². The summed E-state index contributed by atoms with van der Waals surface area (Å²) in [6.07, 6.45) is 1.96. The van der Waals surface area contributed by atoms with Gasteiger partial charge in [0.2, 0.25) is 5.91 Å². The first-order valence-electron chi connectivity index (χ1n) is 11.6. The molecule has 2 aromatic heterocycles. The van der Waals surface area contributed by atoms with Crippen molar-refractivity contribution in [1.82, 2.24) is 19.9 Å². The van der Waals surface area contributed by atoms with Gasteiger partial charge >= 0.3 is 0 Å². The lowest BCUT2D eigenvalue weighted by atomic mass is 10.0. The Morgan fingerprint density at radius 3 is 2.44 bits per heavy atom. The zero-order valence-corrected chi connectivity index (χ0v) is 21.5. The molecule has 0 aliphatic carbocycles. The Hall–Kier alpha value is -3.90. The molecule has 9 nitrogen and oxygen atoms in total. The van der Waals surface area contributed by atoms with Gasteiger partial charge < -0.3 is 19.2 Å². The summed E-state index contributed by atoms with van der Waals surface area (Å²) in [4.78, 5) is 35.0. The fraction of sp³-hybridized carbons (Fsp3) is 0.346. The van der Waals surface area contributed by atoms with E-state index in [2.05, 4.69) is 16.2 Å². The van der Waals surface area contributed by atoms with Crippen molar-refractivity contribution in [3.63, 3.8) is 0 Å². The molecule has 10 heteroatoms. The molecule has 3 heterocycles. The molecule has 186 valence electrons. The number of carbonyl (C=O) groups is 2. The summed E-state index contributed by atoms with van der Waals surface area (Å²) >= 11 is 6.36. The molecule has 0 saturated carbocycles. The van der Waals surface area contributed by atoms with Gasteiger partial charge in [-0.05, 0) is 37.6 Å². The van der Waals surface area contributed by atoms with E-state index in [0.717, 1.165) is 22.4 Å². The molecule has 0 N–H and O–H groups in total. The molecule has 3 aromatic rings. The number of anilines is 1. The molecule has 4 rings (SSSR count). The predicted molar refractivity (Wildman–Crippen MR) is 136 cm³/mol. The SMILES string of the molecule is Cc1noc(C)c1CC(=O)N1CCN(c2ncc(-c3ccc(C(=O)N(C)C)c(Cl)c3)cc2C#N)CC1. The van der Waals surface area contributed by atoms with E-state index < -0.39 is 0 Å². The van der Waals surface area contributed by atoms with E-state index in [9.17, 15) is 14.9 Å². The zero-order valence-electron chi connectivity index (χ0n) is 20.7. The predicted octanol–water partition coefficient (Wildman–Crippen LogP) is 3.47. The Labute approximate surface area is 214 Å². The third-order valence-corrected chi connectivity index (χ3v) is 6.68. The van der Waals surface area contributed by atoms with Crippen LogP contribution in [-0.2, 0) is 11.2 Å². The van der Waals surface area contributed by atoms with Crippen molar-refractivity contribution in [3.05, 3.63) is 63.6 Å². The summed E-state index contributed by atoms with van der Waals surface area (Å²) < 4.78 is 5.17. The fourth-order valence-electron chi connectivity index (χ4n) is 4.24. The first-order valence-corrected chi connectivity index (χ1v) is 11.9. The minimum absolute atomic E-state index is 0.0286. The number of nitriles is 1. The number of halogens is 1. The van der Waals surface area contributed by atoms with Gasteiger partial charge in [0.15, 0.2) is 0 Å². The monoisotopic (exact) mass is 506 g/mol. The van der Waals surface area contributed by atoms with Gasteiger partial charge in [-0.15, -0.1) is 0 Å². The fourth-order valence-corrected chi connectivity index (χ4v) is 4.51. The topological polar surface area (TPSA) is 107 Å². The molecule has 1 aliphatic rings. The second-order valence-electron chi connectivity index (χ2n) is 8.95. The number of benzene rings is 1. The number of aryl methyl sites for hydroxylation is 2. The second kappa shape index (κ2) is 10.4. The summed E-state index contributed by atoms with van der Waals surface area (Å²) in [5, 5.41) is 14.1. The third-order valence-electron chi connectivity index (χ3n) is 6.37. The van der Waals surface area contributed by atoms with Gasteiger partial charge in [0.05, 0.1) is 28.3 Å².